The van der Waals surface area contributed by atoms with Gasteiger partial charge in [-0.15, -0.1) is 0 Å². The molecule has 10 nitrogen and oxygen atoms in total. The summed E-state index contributed by atoms with van der Waals surface area (Å²) in [5, 5.41) is 19.9. The number of nitrogens with one attached hydrogen (secondary N) is 2. The van der Waals surface area contributed by atoms with Gasteiger partial charge in [-0.1, -0.05) is 18.2 Å². The van der Waals surface area contributed by atoms with Crippen molar-refractivity contribution in [1.29, 1.82) is 0 Å². The van der Waals surface area contributed by atoms with Gasteiger partial charge in [0.25, 0.3) is 0 Å². The van der Waals surface area contributed by atoms with Gasteiger partial charge in [0.1, 0.15) is 11.5 Å². The van der Waals surface area contributed by atoms with Gasteiger partial charge in [-0.05, 0) is 49.6 Å². The van der Waals surface area contributed by atoms with Crippen LogP contribution >= 0.6 is 0 Å². The molecule has 1 saturated heterocycles. The number of hydrogen-bond acceptors (Lipinski definition) is 5. The molecule has 4 aromatic rings. The lowest BCUT2D eigenvalue weighted by atomic mass is 10.0. The van der Waals surface area contributed by atoms with Crippen molar-refractivity contribution in [3.8, 4) is 11.3 Å². The number of urea groups is 1. The highest BCUT2D eigenvalue weighted by Crippen LogP contribution is 2.36. The molecule has 0 aliphatic carbocycles. The zero-order valence-electron chi connectivity index (χ0n) is 20.1. The van der Waals surface area contributed by atoms with Crippen LogP contribution in [0.5, 0.6) is 0 Å². The summed E-state index contributed by atoms with van der Waals surface area (Å²) >= 11 is 0. The molecule has 3 heterocycles. The smallest absolute Gasteiger partial charge is 0.407 e. The highest BCUT2D eigenvalue weighted by molar-refractivity contribution is 6.02. The van der Waals surface area contributed by atoms with Gasteiger partial charge in [-0.25, -0.2) is 14.0 Å². The van der Waals surface area contributed by atoms with Crippen LogP contribution in [0, 0.1) is 12.7 Å². The lowest BCUT2D eigenvalue weighted by molar-refractivity contribution is 0.124. The van der Waals surface area contributed by atoms with E-state index in [1.165, 1.54) is 23.2 Å². The number of fused-ring (bicyclic) bond motifs is 1. The first kappa shape index (κ1) is 24.0. The topological polar surface area (TPSA) is 138 Å². The van der Waals surface area contributed by atoms with Crippen LogP contribution in [0.25, 0.3) is 22.2 Å². The van der Waals surface area contributed by atoms with Gasteiger partial charge < -0.3 is 26.4 Å². The largest absolute Gasteiger partial charge is 0.465 e. The van der Waals surface area contributed by atoms with Crippen LogP contribution in [0.15, 0.2) is 54.9 Å². The normalized spacial score (nSPS) is 14.1. The van der Waals surface area contributed by atoms with Crippen molar-refractivity contribution in [3.05, 3.63) is 66.2 Å². The van der Waals surface area contributed by atoms with Gasteiger partial charge in [-0.2, -0.15) is 5.10 Å². The van der Waals surface area contributed by atoms with Crippen molar-refractivity contribution < 1.29 is 19.1 Å². The second-order valence-electron chi connectivity index (χ2n) is 9.06. The number of aromatic nitrogens is 3. The molecule has 2 aromatic heterocycles. The number of carbonyl (C=O) groups excluding carboxylic acids is 1. The van der Waals surface area contributed by atoms with E-state index < -0.39 is 17.9 Å². The standard InChI is InChI=1S/C26H26FN7O3/c1-15-3-2-4-17(11-15)30-25(35)31-21-6-5-16(12-19(21)27)24-23-20(28)13-29-14-22(23)34(32-24)18-7-9-33(10-8-18)26(36)37/h2-6,11-14,18H,7-10,28H2,1H3,(H,36,37)(H2,30,31,35). The maximum atomic E-state index is 15.1. The van der Waals surface area contributed by atoms with Crippen LogP contribution in [-0.2, 0) is 0 Å². The summed E-state index contributed by atoms with van der Waals surface area (Å²) in [5.41, 5.74) is 9.95. The fourth-order valence-corrected chi connectivity index (χ4v) is 4.66. The van der Waals surface area contributed by atoms with Crippen LogP contribution in [0.4, 0.5) is 31.0 Å². The third-order valence-electron chi connectivity index (χ3n) is 6.49. The number of halogens is 1. The molecule has 5 rings (SSSR count). The first-order chi connectivity index (χ1) is 17.8. The molecule has 0 radical (unpaired) electrons. The number of piperidine rings is 1. The summed E-state index contributed by atoms with van der Waals surface area (Å²) in [6.07, 6.45) is 3.42. The number of rotatable bonds is 4. The van der Waals surface area contributed by atoms with Crippen LogP contribution in [0.2, 0.25) is 0 Å². The molecule has 0 saturated carbocycles. The number of nitrogen functional groups attached to an aromatic ring is 1. The average molecular weight is 504 g/mol. The van der Waals surface area contributed by atoms with Crippen LogP contribution in [0.1, 0.15) is 24.4 Å². The van der Waals surface area contributed by atoms with E-state index >= 15 is 4.39 Å². The van der Waals surface area contributed by atoms with Crippen molar-refractivity contribution in [2.45, 2.75) is 25.8 Å². The zero-order valence-corrected chi connectivity index (χ0v) is 20.1. The van der Waals surface area contributed by atoms with Gasteiger partial charge in [0.2, 0.25) is 0 Å². The van der Waals surface area contributed by atoms with Gasteiger partial charge in [-0.3, -0.25) is 9.67 Å². The Kier molecular flexibility index (Phi) is 6.34. The number of benzene rings is 2. The van der Waals surface area contributed by atoms with Crippen molar-refractivity contribution in [3.63, 3.8) is 0 Å². The minimum Gasteiger partial charge on any atom is -0.465 e. The number of nitrogens with zero attached hydrogens (tertiary/aromatic N) is 4. The number of carboxylic acid groups (broad SMARTS) is 1. The molecule has 3 amide bonds. The molecule has 5 N–H and O–H groups in total. The van der Waals surface area contributed by atoms with E-state index in [0.717, 1.165) is 5.56 Å². The Bertz CT molecular complexity index is 1500. The predicted molar refractivity (Wildman–Crippen MR) is 139 cm³/mol. The highest BCUT2D eigenvalue weighted by atomic mass is 19.1. The second-order valence-corrected chi connectivity index (χ2v) is 9.06. The molecule has 2 aromatic carbocycles. The van der Waals surface area contributed by atoms with E-state index in [-0.39, 0.29) is 11.7 Å². The summed E-state index contributed by atoms with van der Waals surface area (Å²) in [5.74, 6) is -0.623. The summed E-state index contributed by atoms with van der Waals surface area (Å²) in [4.78, 5) is 29.3. The van der Waals surface area contributed by atoms with Gasteiger partial charge >= 0.3 is 12.1 Å². The number of aryl methyl sites for hydroxylation is 1. The quantitative estimate of drug-likeness (QED) is 0.306. The number of carbonyl (C=O) groups is 2. The number of amides is 3. The molecule has 1 fully saturated rings. The van der Waals surface area contributed by atoms with E-state index in [1.807, 2.05) is 29.8 Å². The maximum Gasteiger partial charge on any atom is 0.407 e. The average Bonchev–Trinajstić information content (AvgIpc) is 3.26. The number of pyridine rings is 1. The Morgan fingerprint density at radius 2 is 1.89 bits per heavy atom. The molecule has 1 aliphatic heterocycles. The van der Waals surface area contributed by atoms with Crippen molar-refractivity contribution in [2.24, 2.45) is 0 Å². The summed E-state index contributed by atoms with van der Waals surface area (Å²) in [7, 11) is 0. The Balaban J connectivity index is 1.41. The summed E-state index contributed by atoms with van der Waals surface area (Å²) < 4.78 is 16.9. The molecule has 0 spiro atoms. The Labute approximate surface area is 211 Å². The van der Waals surface area contributed by atoms with E-state index in [1.54, 1.807) is 18.3 Å². The summed E-state index contributed by atoms with van der Waals surface area (Å²) in [6, 6.07) is 11.1. The fraction of sp³-hybridized carbons (Fsp3) is 0.231. The molecular formula is C26H26FN7O3. The first-order valence-corrected chi connectivity index (χ1v) is 11.8. The predicted octanol–water partition coefficient (Wildman–Crippen LogP) is 5.09. The van der Waals surface area contributed by atoms with Crippen molar-refractivity contribution in [2.75, 3.05) is 29.5 Å². The molecular weight excluding hydrogens is 477 g/mol. The Morgan fingerprint density at radius 3 is 2.59 bits per heavy atom. The Morgan fingerprint density at radius 1 is 1.11 bits per heavy atom. The SMILES string of the molecule is Cc1cccc(NC(=O)Nc2ccc(-c3nn(C4CCN(C(=O)O)CC4)c4cncc(N)c34)cc2F)c1. The Hall–Kier alpha value is -4.67. The zero-order chi connectivity index (χ0) is 26.1. The number of hydrogen-bond donors (Lipinski definition) is 4. The molecule has 0 unspecified atom stereocenters. The highest BCUT2D eigenvalue weighted by Gasteiger charge is 2.27. The van der Waals surface area contributed by atoms with E-state index in [2.05, 4.69) is 15.6 Å². The molecule has 0 atom stereocenters. The minimum absolute atomic E-state index is 0.0216. The van der Waals surface area contributed by atoms with Crippen LogP contribution < -0.4 is 16.4 Å². The third kappa shape index (κ3) is 4.88. The number of nitrogens with two attached hydrogens (primary N) is 1. The van der Waals surface area contributed by atoms with Crippen LogP contribution in [-0.4, -0.2) is 50.0 Å². The maximum absolute atomic E-state index is 15.1. The molecule has 11 heteroatoms. The monoisotopic (exact) mass is 503 g/mol. The number of likely N-dealkylation sites (tertiary alicyclic amines) is 1. The van der Waals surface area contributed by atoms with Gasteiger partial charge in [0, 0.05) is 24.3 Å². The molecule has 37 heavy (non-hydrogen) atoms. The minimum atomic E-state index is -0.938. The van der Waals surface area contributed by atoms with Gasteiger partial charge in [0.05, 0.1) is 40.7 Å². The first-order valence-electron chi connectivity index (χ1n) is 11.8. The lowest BCUT2D eigenvalue weighted by Gasteiger charge is -2.30. The lowest BCUT2D eigenvalue weighted by Crippen LogP contribution is -2.38. The molecule has 190 valence electrons. The third-order valence-corrected chi connectivity index (χ3v) is 6.49. The van der Waals surface area contributed by atoms with E-state index in [4.69, 9.17) is 10.8 Å². The van der Waals surface area contributed by atoms with E-state index in [0.29, 0.717) is 59.5 Å². The molecule has 0 bridgehead atoms. The fourth-order valence-electron chi connectivity index (χ4n) is 4.66. The number of anilines is 3. The van der Waals surface area contributed by atoms with Crippen LogP contribution in [0.3, 0.4) is 0 Å². The summed E-state index contributed by atoms with van der Waals surface area (Å²) in [6.45, 7) is 2.70. The molecule has 1 aliphatic rings. The van der Waals surface area contributed by atoms with Gasteiger partial charge in [0.15, 0.2) is 0 Å². The van der Waals surface area contributed by atoms with Crippen molar-refractivity contribution >= 4 is 40.1 Å². The van der Waals surface area contributed by atoms with E-state index in [9.17, 15) is 14.7 Å². The second kappa shape index (κ2) is 9.76. The van der Waals surface area contributed by atoms with Crippen molar-refractivity contribution in [1.82, 2.24) is 19.7 Å².